The summed E-state index contributed by atoms with van der Waals surface area (Å²) in [6.45, 7) is 7.61. The molecular weight excluding hydrogens is 244 g/mol. The zero-order chi connectivity index (χ0) is 14.1. The third kappa shape index (κ3) is 1.44. The van der Waals surface area contributed by atoms with Crippen LogP contribution in [0.4, 0.5) is 0 Å². The SMILES string of the molecule is C=C1CCCC2(C)CC3(O)OC(=O)C(C)=C3CC12O. The number of carbonyl (C=O) groups excluding carboxylic acids is 1. The van der Waals surface area contributed by atoms with Gasteiger partial charge in [-0.25, -0.2) is 4.79 Å². The average molecular weight is 264 g/mol. The lowest BCUT2D eigenvalue weighted by atomic mass is 9.53. The van der Waals surface area contributed by atoms with E-state index >= 15 is 0 Å². The van der Waals surface area contributed by atoms with Crippen LogP contribution < -0.4 is 0 Å². The van der Waals surface area contributed by atoms with Gasteiger partial charge in [-0.15, -0.1) is 0 Å². The minimum absolute atomic E-state index is 0.244. The minimum Gasteiger partial charge on any atom is -0.426 e. The van der Waals surface area contributed by atoms with Crippen LogP contribution in [-0.2, 0) is 9.53 Å². The molecule has 0 aromatic rings. The van der Waals surface area contributed by atoms with Crippen molar-refractivity contribution in [2.24, 2.45) is 5.41 Å². The van der Waals surface area contributed by atoms with Crippen molar-refractivity contribution in [2.45, 2.75) is 57.3 Å². The highest BCUT2D eigenvalue weighted by Crippen LogP contribution is 2.60. The van der Waals surface area contributed by atoms with Crippen molar-refractivity contribution in [1.82, 2.24) is 0 Å². The molecule has 3 aliphatic rings. The monoisotopic (exact) mass is 264 g/mol. The Morgan fingerprint density at radius 3 is 2.74 bits per heavy atom. The van der Waals surface area contributed by atoms with Crippen molar-refractivity contribution >= 4 is 5.97 Å². The predicted octanol–water partition coefficient (Wildman–Crippen LogP) is 1.82. The number of fused-ring (bicyclic) bond motifs is 2. The van der Waals surface area contributed by atoms with E-state index in [1.165, 1.54) is 0 Å². The molecule has 2 saturated carbocycles. The van der Waals surface area contributed by atoms with Gasteiger partial charge in [-0.05, 0) is 31.8 Å². The van der Waals surface area contributed by atoms with Crippen molar-refractivity contribution in [1.29, 1.82) is 0 Å². The quantitative estimate of drug-likeness (QED) is 0.517. The molecule has 0 radical (unpaired) electrons. The van der Waals surface area contributed by atoms with Crippen molar-refractivity contribution in [3.05, 3.63) is 23.3 Å². The Kier molecular flexibility index (Phi) is 2.37. The molecule has 0 bridgehead atoms. The Balaban J connectivity index is 2.12. The summed E-state index contributed by atoms with van der Waals surface area (Å²) < 4.78 is 5.16. The fraction of sp³-hybridized carbons (Fsp3) is 0.667. The van der Waals surface area contributed by atoms with Gasteiger partial charge in [0.2, 0.25) is 5.79 Å². The summed E-state index contributed by atoms with van der Waals surface area (Å²) in [7, 11) is 0. The summed E-state index contributed by atoms with van der Waals surface area (Å²) in [6.07, 6.45) is 3.03. The Labute approximate surface area is 112 Å². The first kappa shape index (κ1) is 12.9. The molecule has 1 heterocycles. The lowest BCUT2D eigenvalue weighted by Gasteiger charge is -2.56. The number of hydrogen-bond acceptors (Lipinski definition) is 4. The lowest BCUT2D eigenvalue weighted by Crippen LogP contribution is -2.59. The number of carbonyl (C=O) groups is 1. The molecule has 2 N–H and O–H groups in total. The molecule has 104 valence electrons. The maximum atomic E-state index is 11.7. The van der Waals surface area contributed by atoms with Gasteiger partial charge in [-0.1, -0.05) is 13.5 Å². The van der Waals surface area contributed by atoms with Gasteiger partial charge in [-0.2, -0.15) is 0 Å². The van der Waals surface area contributed by atoms with Gasteiger partial charge in [0.1, 0.15) is 0 Å². The molecule has 4 nitrogen and oxygen atoms in total. The second-order valence-corrected chi connectivity index (χ2v) is 6.51. The molecule has 2 fully saturated rings. The Hall–Kier alpha value is -1.13. The molecule has 3 atom stereocenters. The first-order valence-electron chi connectivity index (χ1n) is 6.78. The standard InChI is InChI=1S/C15H20O4/c1-9-5-4-6-13(3)8-15(18)11(7-14(9,13)17)10(2)12(16)19-15/h17-18H,1,4-8H2,2-3H3. The average Bonchev–Trinajstić information content (AvgIpc) is 2.50. The normalized spacial score (nSPS) is 45.9. The van der Waals surface area contributed by atoms with E-state index in [1.54, 1.807) is 6.92 Å². The van der Waals surface area contributed by atoms with E-state index in [-0.39, 0.29) is 12.8 Å². The van der Waals surface area contributed by atoms with E-state index in [9.17, 15) is 15.0 Å². The van der Waals surface area contributed by atoms with E-state index < -0.39 is 22.8 Å². The van der Waals surface area contributed by atoms with Gasteiger partial charge >= 0.3 is 5.97 Å². The van der Waals surface area contributed by atoms with Crippen LogP contribution in [-0.4, -0.2) is 27.6 Å². The topological polar surface area (TPSA) is 66.8 Å². The fourth-order valence-electron chi connectivity index (χ4n) is 4.01. The van der Waals surface area contributed by atoms with Crippen LogP contribution in [0.3, 0.4) is 0 Å². The first-order valence-corrected chi connectivity index (χ1v) is 6.78. The van der Waals surface area contributed by atoms with Gasteiger partial charge in [0.05, 0.1) is 5.60 Å². The summed E-state index contributed by atoms with van der Waals surface area (Å²) in [4.78, 5) is 11.7. The van der Waals surface area contributed by atoms with Gasteiger partial charge in [0, 0.05) is 29.4 Å². The molecule has 0 aromatic heterocycles. The van der Waals surface area contributed by atoms with E-state index in [4.69, 9.17) is 4.74 Å². The third-order valence-electron chi connectivity index (χ3n) is 5.34. The number of aliphatic hydroxyl groups is 2. The van der Waals surface area contributed by atoms with Gasteiger partial charge < -0.3 is 14.9 Å². The molecule has 0 spiro atoms. The van der Waals surface area contributed by atoms with E-state index in [2.05, 4.69) is 6.58 Å². The van der Waals surface area contributed by atoms with Crippen LogP contribution in [0, 0.1) is 5.41 Å². The van der Waals surface area contributed by atoms with E-state index in [0.717, 1.165) is 24.8 Å². The highest BCUT2D eigenvalue weighted by Gasteiger charge is 2.63. The van der Waals surface area contributed by atoms with Crippen molar-refractivity contribution < 1.29 is 19.7 Å². The zero-order valence-corrected chi connectivity index (χ0v) is 11.5. The molecule has 2 aliphatic carbocycles. The number of ether oxygens (including phenoxy) is 1. The summed E-state index contributed by atoms with van der Waals surface area (Å²) in [6, 6.07) is 0. The maximum absolute atomic E-state index is 11.7. The van der Waals surface area contributed by atoms with Crippen LogP contribution in [0.5, 0.6) is 0 Å². The Bertz CT molecular complexity index is 520. The van der Waals surface area contributed by atoms with Crippen LogP contribution in [0.25, 0.3) is 0 Å². The molecule has 3 rings (SSSR count). The third-order valence-corrected chi connectivity index (χ3v) is 5.34. The highest BCUT2D eigenvalue weighted by molar-refractivity contribution is 5.92. The van der Waals surface area contributed by atoms with E-state index in [1.807, 2.05) is 6.92 Å². The minimum atomic E-state index is -1.53. The molecule has 19 heavy (non-hydrogen) atoms. The Morgan fingerprint density at radius 1 is 1.37 bits per heavy atom. The van der Waals surface area contributed by atoms with E-state index in [0.29, 0.717) is 11.1 Å². The molecule has 3 unspecified atom stereocenters. The zero-order valence-electron chi connectivity index (χ0n) is 11.5. The molecule has 4 heteroatoms. The number of hydrogen-bond donors (Lipinski definition) is 2. The van der Waals surface area contributed by atoms with Crippen molar-refractivity contribution in [3.8, 4) is 0 Å². The second kappa shape index (κ2) is 3.49. The fourth-order valence-corrected chi connectivity index (χ4v) is 4.01. The summed E-state index contributed by atoms with van der Waals surface area (Å²) in [5, 5.41) is 21.7. The lowest BCUT2D eigenvalue weighted by molar-refractivity contribution is -0.223. The maximum Gasteiger partial charge on any atom is 0.336 e. The predicted molar refractivity (Wildman–Crippen MR) is 69.0 cm³/mol. The summed E-state index contributed by atoms with van der Waals surface area (Å²) in [5.74, 6) is -2.01. The van der Waals surface area contributed by atoms with Crippen LogP contribution >= 0.6 is 0 Å². The van der Waals surface area contributed by atoms with Gasteiger partial charge in [0.15, 0.2) is 0 Å². The van der Waals surface area contributed by atoms with Crippen LogP contribution in [0.1, 0.15) is 46.0 Å². The molecule has 0 aromatic carbocycles. The smallest absolute Gasteiger partial charge is 0.336 e. The second-order valence-electron chi connectivity index (χ2n) is 6.51. The summed E-state index contributed by atoms with van der Waals surface area (Å²) >= 11 is 0. The molecular formula is C15H20O4. The molecule has 0 amide bonds. The number of esters is 1. The number of rotatable bonds is 0. The van der Waals surface area contributed by atoms with Crippen molar-refractivity contribution in [2.75, 3.05) is 0 Å². The molecule has 0 saturated heterocycles. The van der Waals surface area contributed by atoms with Gasteiger partial charge in [-0.3, -0.25) is 0 Å². The molecule has 1 aliphatic heterocycles. The van der Waals surface area contributed by atoms with Gasteiger partial charge in [0.25, 0.3) is 0 Å². The largest absolute Gasteiger partial charge is 0.426 e. The van der Waals surface area contributed by atoms with Crippen LogP contribution in [0.15, 0.2) is 23.3 Å². The van der Waals surface area contributed by atoms with Crippen molar-refractivity contribution in [3.63, 3.8) is 0 Å². The first-order chi connectivity index (χ1) is 8.72. The highest BCUT2D eigenvalue weighted by atomic mass is 16.7. The van der Waals surface area contributed by atoms with Crippen LogP contribution in [0.2, 0.25) is 0 Å². The Morgan fingerprint density at radius 2 is 2.05 bits per heavy atom. The summed E-state index contributed by atoms with van der Waals surface area (Å²) in [5.41, 5.74) is 0.230.